The molecule has 6 nitrogen and oxygen atoms in total. The number of carbonyl (C=O) groups excluding carboxylic acids is 2. The van der Waals surface area contributed by atoms with Crippen molar-refractivity contribution in [3.8, 4) is 11.6 Å². The van der Waals surface area contributed by atoms with Crippen LogP contribution in [0.5, 0.6) is 11.6 Å². The summed E-state index contributed by atoms with van der Waals surface area (Å²) in [4.78, 5) is 28.5. The molecule has 0 unspecified atom stereocenters. The van der Waals surface area contributed by atoms with E-state index in [2.05, 4.69) is 15.0 Å². The van der Waals surface area contributed by atoms with Gasteiger partial charge in [-0.15, -0.1) is 0 Å². The van der Waals surface area contributed by atoms with Crippen molar-refractivity contribution in [1.29, 1.82) is 0 Å². The number of nitrogens with one attached hydrogen (secondary N) is 1. The standard InChI is InChI=1S/C22H17Cl2FN2O4/c1-12(13-3-5-14(6-4-13)22(29)30-2)27-20(28)17-9-15(23)11-26-21(17)31-19-8-7-16(25)10-18(19)24/h3-12H,1-2H3,(H,27,28)/t12-/m0/s1. The van der Waals surface area contributed by atoms with Gasteiger partial charge in [-0.2, -0.15) is 0 Å². The number of ether oxygens (including phenoxy) is 2. The second kappa shape index (κ2) is 9.76. The lowest BCUT2D eigenvalue weighted by Gasteiger charge is -2.16. The van der Waals surface area contributed by atoms with Gasteiger partial charge >= 0.3 is 5.97 Å². The molecule has 0 aliphatic heterocycles. The van der Waals surface area contributed by atoms with E-state index in [1.54, 1.807) is 31.2 Å². The number of hydrogen-bond donors (Lipinski definition) is 1. The molecular weight excluding hydrogens is 446 g/mol. The highest BCUT2D eigenvalue weighted by molar-refractivity contribution is 6.32. The Hall–Kier alpha value is -3.16. The molecule has 0 saturated heterocycles. The molecule has 2 aromatic carbocycles. The van der Waals surface area contributed by atoms with E-state index in [1.165, 1.54) is 31.5 Å². The zero-order valence-electron chi connectivity index (χ0n) is 16.5. The summed E-state index contributed by atoms with van der Waals surface area (Å²) in [6, 6.07) is 11.2. The molecule has 0 aliphatic carbocycles. The van der Waals surface area contributed by atoms with E-state index in [9.17, 15) is 14.0 Å². The maximum atomic E-state index is 13.3. The van der Waals surface area contributed by atoms with Crippen molar-refractivity contribution < 1.29 is 23.5 Å². The summed E-state index contributed by atoms with van der Waals surface area (Å²) < 4.78 is 23.6. The molecule has 0 bridgehead atoms. The molecule has 0 radical (unpaired) electrons. The lowest BCUT2D eigenvalue weighted by Crippen LogP contribution is -2.27. The Morgan fingerprint density at radius 3 is 2.45 bits per heavy atom. The fraction of sp³-hybridized carbons (Fsp3) is 0.136. The molecule has 1 aromatic heterocycles. The first-order valence-electron chi connectivity index (χ1n) is 9.06. The first-order chi connectivity index (χ1) is 14.8. The molecule has 0 saturated carbocycles. The second-order valence-electron chi connectivity index (χ2n) is 6.49. The minimum absolute atomic E-state index is 0.0298. The van der Waals surface area contributed by atoms with E-state index >= 15 is 0 Å². The average molecular weight is 463 g/mol. The third-order valence-electron chi connectivity index (χ3n) is 4.34. The summed E-state index contributed by atoms with van der Waals surface area (Å²) in [6.07, 6.45) is 1.32. The van der Waals surface area contributed by atoms with Gasteiger partial charge in [-0.05, 0) is 48.9 Å². The van der Waals surface area contributed by atoms with Crippen LogP contribution in [-0.2, 0) is 4.74 Å². The van der Waals surface area contributed by atoms with Gasteiger partial charge in [-0.25, -0.2) is 14.2 Å². The predicted molar refractivity (Wildman–Crippen MR) is 114 cm³/mol. The van der Waals surface area contributed by atoms with Crippen molar-refractivity contribution >= 4 is 35.1 Å². The van der Waals surface area contributed by atoms with E-state index in [4.69, 9.17) is 27.9 Å². The first-order valence-corrected chi connectivity index (χ1v) is 9.81. The number of nitrogens with zero attached hydrogens (tertiary/aromatic N) is 1. The summed E-state index contributed by atoms with van der Waals surface area (Å²) in [5.74, 6) is -1.37. The number of benzene rings is 2. The third-order valence-corrected chi connectivity index (χ3v) is 4.84. The Morgan fingerprint density at radius 1 is 1.10 bits per heavy atom. The number of hydrogen-bond acceptors (Lipinski definition) is 5. The van der Waals surface area contributed by atoms with E-state index in [0.717, 1.165) is 11.6 Å². The Balaban J connectivity index is 1.81. The van der Waals surface area contributed by atoms with Crippen LogP contribution in [0, 0.1) is 5.82 Å². The van der Waals surface area contributed by atoms with Crippen LogP contribution in [0.15, 0.2) is 54.7 Å². The normalized spacial score (nSPS) is 11.5. The molecule has 31 heavy (non-hydrogen) atoms. The van der Waals surface area contributed by atoms with Gasteiger partial charge in [0, 0.05) is 6.20 Å². The van der Waals surface area contributed by atoms with E-state index < -0.39 is 23.7 Å². The molecular formula is C22H17Cl2FN2O4. The molecule has 9 heteroatoms. The number of esters is 1. The van der Waals surface area contributed by atoms with Gasteiger partial charge in [-0.1, -0.05) is 35.3 Å². The molecule has 3 aromatic rings. The van der Waals surface area contributed by atoms with Gasteiger partial charge in [0.05, 0.1) is 28.8 Å². The summed E-state index contributed by atoms with van der Waals surface area (Å²) in [5, 5.41) is 3.09. The van der Waals surface area contributed by atoms with E-state index in [0.29, 0.717) is 5.56 Å². The van der Waals surface area contributed by atoms with Crippen LogP contribution in [0.1, 0.15) is 39.2 Å². The second-order valence-corrected chi connectivity index (χ2v) is 7.34. The number of carbonyl (C=O) groups is 2. The number of pyridine rings is 1. The van der Waals surface area contributed by atoms with Crippen LogP contribution >= 0.6 is 23.2 Å². The van der Waals surface area contributed by atoms with Crippen molar-refractivity contribution in [1.82, 2.24) is 10.3 Å². The molecule has 1 heterocycles. The van der Waals surface area contributed by atoms with Gasteiger partial charge in [0.25, 0.3) is 5.91 Å². The fourth-order valence-corrected chi connectivity index (χ4v) is 3.08. The highest BCUT2D eigenvalue weighted by Crippen LogP contribution is 2.31. The highest BCUT2D eigenvalue weighted by Gasteiger charge is 2.19. The molecule has 0 spiro atoms. The Morgan fingerprint density at radius 2 is 1.81 bits per heavy atom. The third kappa shape index (κ3) is 5.51. The molecule has 1 atom stereocenters. The Kier molecular flexibility index (Phi) is 7.09. The molecule has 1 amide bonds. The topological polar surface area (TPSA) is 77.5 Å². The minimum Gasteiger partial charge on any atom is -0.465 e. The van der Waals surface area contributed by atoms with Crippen molar-refractivity contribution in [2.75, 3.05) is 7.11 Å². The fourth-order valence-electron chi connectivity index (χ4n) is 2.72. The van der Waals surface area contributed by atoms with E-state index in [1.807, 2.05) is 0 Å². The summed E-state index contributed by atoms with van der Waals surface area (Å²) in [5.41, 5.74) is 1.24. The van der Waals surface area contributed by atoms with Crippen LogP contribution in [0.4, 0.5) is 4.39 Å². The van der Waals surface area contributed by atoms with Crippen LogP contribution in [0.3, 0.4) is 0 Å². The number of halogens is 3. The van der Waals surface area contributed by atoms with Crippen molar-refractivity contribution in [2.45, 2.75) is 13.0 Å². The van der Waals surface area contributed by atoms with Gasteiger partial charge in [0.1, 0.15) is 17.1 Å². The monoisotopic (exact) mass is 462 g/mol. The average Bonchev–Trinajstić information content (AvgIpc) is 2.76. The number of methoxy groups -OCH3 is 1. The number of amides is 1. The maximum absolute atomic E-state index is 13.3. The minimum atomic E-state index is -0.522. The van der Waals surface area contributed by atoms with Gasteiger partial charge < -0.3 is 14.8 Å². The molecule has 0 aliphatic rings. The molecule has 1 N–H and O–H groups in total. The molecule has 0 fully saturated rings. The maximum Gasteiger partial charge on any atom is 0.337 e. The lowest BCUT2D eigenvalue weighted by atomic mass is 10.1. The van der Waals surface area contributed by atoms with Crippen molar-refractivity contribution in [2.24, 2.45) is 0 Å². The smallest absolute Gasteiger partial charge is 0.337 e. The Labute approximate surface area is 187 Å². The van der Waals surface area contributed by atoms with E-state index in [-0.39, 0.29) is 27.2 Å². The quantitative estimate of drug-likeness (QED) is 0.482. The van der Waals surface area contributed by atoms with Gasteiger partial charge in [0.2, 0.25) is 5.88 Å². The summed E-state index contributed by atoms with van der Waals surface area (Å²) in [6.45, 7) is 1.78. The highest BCUT2D eigenvalue weighted by atomic mass is 35.5. The van der Waals surface area contributed by atoms with Crippen molar-refractivity contribution in [3.05, 3.63) is 87.3 Å². The molecule has 160 valence electrons. The number of rotatable bonds is 6. The van der Waals surface area contributed by atoms with Crippen molar-refractivity contribution in [3.63, 3.8) is 0 Å². The largest absolute Gasteiger partial charge is 0.465 e. The first kappa shape index (κ1) is 22.5. The van der Waals surface area contributed by atoms with Crippen LogP contribution in [0.2, 0.25) is 10.0 Å². The zero-order chi connectivity index (χ0) is 22.5. The number of aromatic nitrogens is 1. The lowest BCUT2D eigenvalue weighted by molar-refractivity contribution is 0.0600. The van der Waals surface area contributed by atoms with Crippen LogP contribution in [-0.4, -0.2) is 24.0 Å². The SMILES string of the molecule is COC(=O)c1ccc([C@H](C)NC(=O)c2cc(Cl)cnc2Oc2ccc(F)cc2Cl)cc1. The van der Waals surface area contributed by atoms with Gasteiger partial charge in [-0.3, -0.25) is 4.79 Å². The summed E-state index contributed by atoms with van der Waals surface area (Å²) in [7, 11) is 1.30. The Bertz CT molecular complexity index is 1120. The van der Waals surface area contributed by atoms with Crippen LogP contribution in [0.25, 0.3) is 0 Å². The summed E-state index contributed by atoms with van der Waals surface area (Å²) >= 11 is 12.0. The van der Waals surface area contributed by atoms with Crippen LogP contribution < -0.4 is 10.1 Å². The van der Waals surface area contributed by atoms with Gasteiger partial charge in [0.15, 0.2) is 0 Å². The zero-order valence-corrected chi connectivity index (χ0v) is 18.0. The molecule has 3 rings (SSSR count). The predicted octanol–water partition coefficient (Wildman–Crippen LogP) is 5.60.